The van der Waals surface area contributed by atoms with Gasteiger partial charge in [-0.15, -0.1) is 11.3 Å². The molecule has 0 saturated carbocycles. The van der Waals surface area contributed by atoms with Gasteiger partial charge in [0, 0.05) is 38.5 Å². The first-order chi connectivity index (χ1) is 18.0. The Morgan fingerprint density at radius 1 is 1.08 bits per heavy atom. The molecule has 198 valence electrons. The van der Waals surface area contributed by atoms with Crippen LogP contribution in [0.1, 0.15) is 34.3 Å². The number of para-hydroxylation sites is 2. The summed E-state index contributed by atoms with van der Waals surface area (Å²) in [5, 5.41) is 4.22. The van der Waals surface area contributed by atoms with E-state index >= 15 is 0 Å². The third kappa shape index (κ3) is 7.41. The molecule has 1 aliphatic heterocycles. The fraction of sp³-hybridized carbons (Fsp3) is 0.480. The summed E-state index contributed by atoms with van der Waals surface area (Å²) in [6.45, 7) is 3.19. The number of aromatic nitrogens is 3. The molecule has 2 amide bonds. The summed E-state index contributed by atoms with van der Waals surface area (Å²) in [7, 11) is 3.34. The number of hydrogen-bond donors (Lipinski definition) is 1. The van der Waals surface area contributed by atoms with Crippen molar-refractivity contribution in [2.75, 3.05) is 65.3 Å². The summed E-state index contributed by atoms with van der Waals surface area (Å²) in [5.41, 5.74) is 4.71. The highest BCUT2D eigenvalue weighted by Gasteiger charge is 2.26. The number of methoxy groups -OCH3 is 1. The van der Waals surface area contributed by atoms with Crippen molar-refractivity contribution < 1.29 is 23.8 Å². The second kappa shape index (κ2) is 13.4. The second-order valence-corrected chi connectivity index (χ2v) is 9.49. The lowest BCUT2D eigenvalue weighted by molar-refractivity contribution is -0.137. The number of ether oxygens (including phenoxy) is 3. The maximum atomic E-state index is 12.8. The fourth-order valence-electron chi connectivity index (χ4n) is 3.94. The normalized spacial score (nSPS) is 14.2. The average molecular weight is 529 g/mol. The van der Waals surface area contributed by atoms with Crippen LogP contribution in [0.5, 0.6) is 0 Å². The topological polar surface area (TPSA) is 119 Å². The number of thiazole rings is 1. The molecule has 0 bridgehead atoms. The molecule has 1 aliphatic rings. The van der Waals surface area contributed by atoms with Crippen molar-refractivity contribution in [2.24, 2.45) is 0 Å². The summed E-state index contributed by atoms with van der Waals surface area (Å²) in [6.07, 6.45) is 3.21. The average Bonchev–Trinajstić information content (AvgIpc) is 3.43. The van der Waals surface area contributed by atoms with E-state index in [-0.39, 0.29) is 24.3 Å². The van der Waals surface area contributed by atoms with Crippen molar-refractivity contribution in [3.8, 4) is 0 Å². The number of anilines is 1. The first-order valence-corrected chi connectivity index (χ1v) is 13.1. The highest BCUT2D eigenvalue weighted by Crippen LogP contribution is 2.30. The summed E-state index contributed by atoms with van der Waals surface area (Å²) >= 11 is 1.47. The number of fused-ring (bicyclic) bond motifs is 1. The van der Waals surface area contributed by atoms with Crippen LogP contribution in [-0.4, -0.2) is 91.9 Å². The summed E-state index contributed by atoms with van der Waals surface area (Å²) in [5.74, 6) is 0.419. The van der Waals surface area contributed by atoms with Gasteiger partial charge in [0.05, 0.1) is 48.7 Å². The lowest BCUT2D eigenvalue weighted by atomic mass is 9.97. The third-order valence-electron chi connectivity index (χ3n) is 6.03. The van der Waals surface area contributed by atoms with Gasteiger partial charge >= 0.3 is 0 Å². The zero-order chi connectivity index (χ0) is 26.0. The van der Waals surface area contributed by atoms with Crippen LogP contribution in [-0.2, 0) is 19.0 Å². The Morgan fingerprint density at radius 3 is 2.59 bits per heavy atom. The predicted molar refractivity (Wildman–Crippen MR) is 140 cm³/mol. The molecule has 1 fully saturated rings. The van der Waals surface area contributed by atoms with E-state index in [0.717, 1.165) is 28.9 Å². The number of benzene rings is 1. The van der Waals surface area contributed by atoms with Crippen molar-refractivity contribution in [3.63, 3.8) is 0 Å². The Hall–Kier alpha value is -3.19. The molecule has 1 saturated heterocycles. The molecule has 1 N–H and O–H groups in total. The zero-order valence-corrected chi connectivity index (χ0v) is 21.9. The Balaban J connectivity index is 1.21. The van der Waals surface area contributed by atoms with E-state index in [1.165, 1.54) is 11.3 Å². The number of nitrogens with one attached hydrogen (secondary N) is 1. The van der Waals surface area contributed by atoms with Gasteiger partial charge in [0.2, 0.25) is 5.91 Å². The summed E-state index contributed by atoms with van der Waals surface area (Å²) in [6, 6.07) is 7.56. The van der Waals surface area contributed by atoms with Crippen molar-refractivity contribution >= 4 is 40.0 Å². The first-order valence-electron chi connectivity index (χ1n) is 12.2. The number of carbonyl (C=O) groups excluding carboxylic acids is 2. The number of carbonyl (C=O) groups is 2. The molecule has 4 rings (SSSR count). The maximum absolute atomic E-state index is 12.8. The maximum Gasteiger partial charge on any atom is 0.289 e. The van der Waals surface area contributed by atoms with Gasteiger partial charge in [0.1, 0.15) is 12.3 Å². The molecule has 12 heteroatoms. The Kier molecular flexibility index (Phi) is 9.71. The predicted octanol–water partition coefficient (Wildman–Crippen LogP) is 2.25. The molecule has 0 aliphatic carbocycles. The monoisotopic (exact) mass is 528 g/mol. The summed E-state index contributed by atoms with van der Waals surface area (Å²) in [4.78, 5) is 40.5. The number of rotatable bonds is 12. The van der Waals surface area contributed by atoms with Gasteiger partial charge in [0.15, 0.2) is 5.82 Å². The van der Waals surface area contributed by atoms with Gasteiger partial charge < -0.3 is 19.1 Å². The van der Waals surface area contributed by atoms with E-state index in [9.17, 15) is 9.59 Å². The standard InChI is InChI=1S/C25H32N6O5S/c1-30(22-15-26-19-5-3-4-6-20(19)27-22)29-24(33)21-17-37-25(28-21)18-7-9-31(10-8-18)23(32)16-36-14-13-35-12-11-34-2/h3-6,15,17-18H,7-14,16H2,1-2H3,(H,29,33). The smallest absolute Gasteiger partial charge is 0.289 e. The minimum Gasteiger partial charge on any atom is -0.382 e. The van der Waals surface area contributed by atoms with E-state index in [1.54, 1.807) is 30.7 Å². The SMILES string of the molecule is COCCOCCOCC(=O)N1CCC(c2nc(C(=O)NN(C)c3cnc4ccccc4n3)cs2)CC1. The molecular formula is C25H32N6O5S. The van der Waals surface area contributed by atoms with Gasteiger partial charge in [-0.25, -0.2) is 9.97 Å². The molecule has 0 radical (unpaired) electrons. The van der Waals surface area contributed by atoms with E-state index < -0.39 is 0 Å². The molecule has 0 atom stereocenters. The highest BCUT2D eigenvalue weighted by atomic mass is 32.1. The lowest BCUT2D eigenvalue weighted by Crippen LogP contribution is -2.40. The number of hydrazine groups is 1. The van der Waals surface area contributed by atoms with E-state index in [1.807, 2.05) is 29.2 Å². The Labute approximate surface area is 219 Å². The van der Waals surface area contributed by atoms with Crippen LogP contribution in [0.4, 0.5) is 5.82 Å². The van der Waals surface area contributed by atoms with Gasteiger partial charge in [-0.05, 0) is 25.0 Å². The van der Waals surface area contributed by atoms with Crippen molar-refractivity contribution in [1.29, 1.82) is 0 Å². The summed E-state index contributed by atoms with van der Waals surface area (Å²) < 4.78 is 15.7. The van der Waals surface area contributed by atoms with Crippen LogP contribution in [0, 0.1) is 0 Å². The number of likely N-dealkylation sites (tertiary alicyclic amines) is 1. The van der Waals surface area contributed by atoms with Crippen LogP contribution >= 0.6 is 11.3 Å². The molecule has 0 spiro atoms. The number of piperidine rings is 1. The minimum absolute atomic E-state index is 0.0191. The second-order valence-electron chi connectivity index (χ2n) is 8.60. The van der Waals surface area contributed by atoms with Crippen molar-refractivity contribution in [1.82, 2.24) is 25.3 Å². The lowest BCUT2D eigenvalue weighted by Gasteiger charge is -2.31. The quantitative estimate of drug-likeness (QED) is 0.279. The van der Waals surface area contributed by atoms with Crippen LogP contribution in [0.2, 0.25) is 0 Å². The molecule has 0 unspecified atom stereocenters. The van der Waals surface area contributed by atoms with Crippen molar-refractivity contribution in [2.45, 2.75) is 18.8 Å². The number of nitrogens with zero attached hydrogens (tertiary/aromatic N) is 5. The van der Waals surface area contributed by atoms with Crippen LogP contribution < -0.4 is 10.4 Å². The Bertz CT molecular complexity index is 1180. The molecule has 3 aromatic rings. The number of hydrogen-bond acceptors (Lipinski definition) is 10. The molecule has 1 aromatic carbocycles. The van der Waals surface area contributed by atoms with E-state index in [2.05, 4.69) is 20.4 Å². The van der Waals surface area contributed by atoms with Crippen molar-refractivity contribution in [3.05, 3.63) is 46.5 Å². The third-order valence-corrected chi connectivity index (χ3v) is 7.04. The van der Waals surface area contributed by atoms with E-state index in [4.69, 9.17) is 14.2 Å². The fourth-order valence-corrected chi connectivity index (χ4v) is 4.92. The molecule has 37 heavy (non-hydrogen) atoms. The van der Waals surface area contributed by atoms with Gasteiger partial charge in [-0.2, -0.15) is 0 Å². The van der Waals surface area contributed by atoms with Crippen LogP contribution in [0.25, 0.3) is 11.0 Å². The largest absolute Gasteiger partial charge is 0.382 e. The first kappa shape index (κ1) is 26.9. The van der Waals surface area contributed by atoms with Gasteiger partial charge in [-0.1, -0.05) is 12.1 Å². The Morgan fingerprint density at radius 2 is 1.81 bits per heavy atom. The van der Waals surface area contributed by atoms with Crippen LogP contribution in [0.3, 0.4) is 0 Å². The molecular weight excluding hydrogens is 496 g/mol. The molecule has 2 aromatic heterocycles. The zero-order valence-electron chi connectivity index (χ0n) is 21.1. The van der Waals surface area contributed by atoms with Crippen LogP contribution in [0.15, 0.2) is 35.8 Å². The van der Waals surface area contributed by atoms with Gasteiger partial charge in [-0.3, -0.25) is 25.0 Å². The minimum atomic E-state index is -0.309. The highest BCUT2D eigenvalue weighted by molar-refractivity contribution is 7.09. The number of amides is 2. The van der Waals surface area contributed by atoms with E-state index in [0.29, 0.717) is 51.0 Å². The van der Waals surface area contributed by atoms with Gasteiger partial charge in [0.25, 0.3) is 5.91 Å². The molecule has 3 heterocycles. The molecule has 11 nitrogen and oxygen atoms in total.